The van der Waals surface area contributed by atoms with Crippen molar-refractivity contribution in [2.75, 3.05) is 0 Å². The third-order valence-corrected chi connectivity index (χ3v) is 1.66. The van der Waals surface area contributed by atoms with E-state index in [1.54, 1.807) is 6.92 Å². The number of hydrogen-bond donors (Lipinski definition) is 1. The van der Waals surface area contributed by atoms with Crippen LogP contribution >= 0.6 is 0 Å². The summed E-state index contributed by atoms with van der Waals surface area (Å²) in [6, 6.07) is 11.5. The summed E-state index contributed by atoms with van der Waals surface area (Å²) >= 11 is 0. The van der Waals surface area contributed by atoms with Crippen molar-refractivity contribution in [1.29, 1.82) is 5.26 Å². The maximum atomic E-state index is 8.58. The number of nitrogens with zero attached hydrogens (tertiary/aromatic N) is 1. The minimum absolute atomic E-state index is 0.554. The summed E-state index contributed by atoms with van der Waals surface area (Å²) in [5, 5.41) is 8.58. The minimum Gasteiger partial charge on any atom is -0.397 e. The number of hydrogen-bond acceptors (Lipinski definition) is 2. The molecule has 0 heterocycles. The first-order valence-corrected chi connectivity index (χ1v) is 3.67. The van der Waals surface area contributed by atoms with Crippen molar-refractivity contribution < 1.29 is 0 Å². The summed E-state index contributed by atoms with van der Waals surface area (Å²) in [6.45, 7) is 1.71. The summed E-state index contributed by atoms with van der Waals surface area (Å²) in [4.78, 5) is 0. The highest BCUT2D eigenvalue weighted by molar-refractivity contribution is 5.68. The maximum absolute atomic E-state index is 8.58. The van der Waals surface area contributed by atoms with Crippen LogP contribution in [0, 0.1) is 11.3 Å². The zero-order valence-electron chi connectivity index (χ0n) is 6.91. The standard InChI is InChI=1S/C10H10N2/c1-8(7-11)10(12)9-5-3-2-4-6-9/h2-6H,12H2,1H3. The topological polar surface area (TPSA) is 49.8 Å². The molecule has 0 atom stereocenters. The van der Waals surface area contributed by atoms with E-state index in [0.29, 0.717) is 11.3 Å². The van der Waals surface area contributed by atoms with Gasteiger partial charge in [-0.05, 0) is 12.5 Å². The maximum Gasteiger partial charge on any atom is 0.0965 e. The monoisotopic (exact) mass is 158 g/mol. The van der Waals surface area contributed by atoms with E-state index in [1.165, 1.54) is 0 Å². The Balaban J connectivity index is 3.11. The highest BCUT2D eigenvalue weighted by atomic mass is 14.6. The number of allylic oxidation sites excluding steroid dienone is 1. The smallest absolute Gasteiger partial charge is 0.0965 e. The van der Waals surface area contributed by atoms with E-state index in [1.807, 2.05) is 36.4 Å². The third-order valence-electron chi connectivity index (χ3n) is 1.66. The van der Waals surface area contributed by atoms with Crippen molar-refractivity contribution in [3.05, 3.63) is 41.5 Å². The Morgan fingerprint density at radius 3 is 2.42 bits per heavy atom. The Morgan fingerprint density at radius 1 is 1.33 bits per heavy atom. The molecule has 2 nitrogen and oxygen atoms in total. The Labute approximate surface area is 71.9 Å². The van der Waals surface area contributed by atoms with Crippen LogP contribution < -0.4 is 5.73 Å². The minimum atomic E-state index is 0.554. The van der Waals surface area contributed by atoms with Crippen molar-refractivity contribution in [2.24, 2.45) is 5.73 Å². The van der Waals surface area contributed by atoms with Crippen LogP contribution in [0.3, 0.4) is 0 Å². The second-order valence-corrected chi connectivity index (χ2v) is 2.52. The quantitative estimate of drug-likeness (QED) is 0.634. The Bertz CT molecular complexity index is 331. The lowest BCUT2D eigenvalue weighted by Crippen LogP contribution is -1.98. The van der Waals surface area contributed by atoms with Crippen LogP contribution in [-0.4, -0.2) is 0 Å². The molecular weight excluding hydrogens is 148 g/mol. The molecule has 1 aromatic carbocycles. The van der Waals surface area contributed by atoms with Gasteiger partial charge in [0.25, 0.3) is 0 Å². The van der Waals surface area contributed by atoms with Crippen LogP contribution in [0.25, 0.3) is 5.70 Å². The van der Waals surface area contributed by atoms with Crippen LogP contribution in [0.5, 0.6) is 0 Å². The summed E-state index contributed by atoms with van der Waals surface area (Å²) in [6.07, 6.45) is 0. The van der Waals surface area contributed by atoms with E-state index in [2.05, 4.69) is 0 Å². The molecule has 1 aromatic rings. The van der Waals surface area contributed by atoms with E-state index >= 15 is 0 Å². The fraction of sp³-hybridized carbons (Fsp3) is 0.100. The van der Waals surface area contributed by atoms with Gasteiger partial charge >= 0.3 is 0 Å². The van der Waals surface area contributed by atoms with Gasteiger partial charge < -0.3 is 5.73 Å². The molecule has 60 valence electrons. The van der Waals surface area contributed by atoms with Gasteiger partial charge in [-0.15, -0.1) is 0 Å². The van der Waals surface area contributed by atoms with Crippen molar-refractivity contribution in [2.45, 2.75) is 6.92 Å². The average molecular weight is 158 g/mol. The number of benzene rings is 1. The second kappa shape index (κ2) is 3.59. The van der Waals surface area contributed by atoms with Gasteiger partial charge in [-0.2, -0.15) is 5.26 Å². The molecule has 12 heavy (non-hydrogen) atoms. The molecule has 0 aromatic heterocycles. The molecule has 0 fully saturated rings. The van der Waals surface area contributed by atoms with Crippen LogP contribution in [0.2, 0.25) is 0 Å². The first kappa shape index (κ1) is 8.35. The molecule has 0 amide bonds. The van der Waals surface area contributed by atoms with Crippen LogP contribution in [0.1, 0.15) is 12.5 Å². The normalized spacial score (nSPS) is 11.7. The van der Waals surface area contributed by atoms with E-state index in [-0.39, 0.29) is 0 Å². The zero-order chi connectivity index (χ0) is 8.97. The summed E-state index contributed by atoms with van der Waals surface area (Å²) in [5.41, 5.74) is 7.72. The summed E-state index contributed by atoms with van der Waals surface area (Å²) < 4.78 is 0. The number of nitrogens with two attached hydrogens (primary N) is 1. The van der Waals surface area contributed by atoms with Gasteiger partial charge in [-0.3, -0.25) is 0 Å². The number of nitriles is 1. The summed E-state index contributed by atoms with van der Waals surface area (Å²) in [7, 11) is 0. The third kappa shape index (κ3) is 1.64. The van der Waals surface area contributed by atoms with E-state index in [0.717, 1.165) is 5.56 Å². The van der Waals surface area contributed by atoms with Crippen LogP contribution in [-0.2, 0) is 0 Å². The molecule has 1 rings (SSSR count). The van der Waals surface area contributed by atoms with Gasteiger partial charge in [0.2, 0.25) is 0 Å². The van der Waals surface area contributed by atoms with Crippen molar-refractivity contribution >= 4 is 5.70 Å². The van der Waals surface area contributed by atoms with Gasteiger partial charge in [-0.25, -0.2) is 0 Å². The molecule has 0 aliphatic heterocycles. The predicted molar refractivity (Wildman–Crippen MR) is 48.8 cm³/mol. The summed E-state index contributed by atoms with van der Waals surface area (Å²) in [5.74, 6) is 0. The Kier molecular flexibility index (Phi) is 2.49. The molecule has 2 heteroatoms. The van der Waals surface area contributed by atoms with E-state index in [9.17, 15) is 0 Å². The number of rotatable bonds is 1. The van der Waals surface area contributed by atoms with Crippen LogP contribution in [0.15, 0.2) is 35.9 Å². The molecule has 0 aliphatic rings. The van der Waals surface area contributed by atoms with E-state index < -0.39 is 0 Å². The first-order valence-electron chi connectivity index (χ1n) is 3.67. The molecule has 2 N–H and O–H groups in total. The Hall–Kier alpha value is -1.75. The molecule has 0 aliphatic carbocycles. The van der Waals surface area contributed by atoms with Gasteiger partial charge in [0.15, 0.2) is 0 Å². The predicted octanol–water partition coefficient (Wildman–Crippen LogP) is 1.90. The molecule has 0 spiro atoms. The lowest BCUT2D eigenvalue weighted by atomic mass is 10.1. The zero-order valence-corrected chi connectivity index (χ0v) is 6.91. The molecule has 0 saturated heterocycles. The van der Waals surface area contributed by atoms with Crippen molar-refractivity contribution in [3.8, 4) is 6.07 Å². The largest absolute Gasteiger partial charge is 0.397 e. The fourth-order valence-electron chi connectivity index (χ4n) is 0.894. The van der Waals surface area contributed by atoms with Crippen molar-refractivity contribution in [1.82, 2.24) is 0 Å². The van der Waals surface area contributed by atoms with Gasteiger partial charge in [-0.1, -0.05) is 30.3 Å². The second-order valence-electron chi connectivity index (χ2n) is 2.52. The molecule has 0 radical (unpaired) electrons. The lowest BCUT2D eigenvalue weighted by Gasteiger charge is -2.00. The van der Waals surface area contributed by atoms with Crippen LogP contribution in [0.4, 0.5) is 0 Å². The molecule has 0 saturated carbocycles. The first-order chi connectivity index (χ1) is 5.75. The fourth-order valence-corrected chi connectivity index (χ4v) is 0.894. The average Bonchev–Trinajstić information content (AvgIpc) is 2.17. The van der Waals surface area contributed by atoms with Gasteiger partial charge in [0, 0.05) is 5.57 Å². The van der Waals surface area contributed by atoms with Gasteiger partial charge in [0.05, 0.1) is 11.8 Å². The molecule has 0 unspecified atom stereocenters. The van der Waals surface area contributed by atoms with Crippen molar-refractivity contribution in [3.63, 3.8) is 0 Å². The lowest BCUT2D eigenvalue weighted by molar-refractivity contribution is 1.39. The van der Waals surface area contributed by atoms with Gasteiger partial charge in [0.1, 0.15) is 0 Å². The highest BCUT2D eigenvalue weighted by Crippen LogP contribution is 2.11. The molecule has 0 bridgehead atoms. The Morgan fingerprint density at radius 2 is 1.92 bits per heavy atom. The molecular formula is C10H10N2. The van der Waals surface area contributed by atoms with E-state index in [4.69, 9.17) is 11.0 Å². The SMILES string of the molecule is CC(C#N)=C(N)c1ccccc1. The highest BCUT2D eigenvalue weighted by Gasteiger charge is 1.98.